The number of amides is 2. The molecule has 3 rings (SSSR count). The fourth-order valence-electron chi connectivity index (χ4n) is 3.73. The number of aryl methyl sites for hydroxylation is 2. The van der Waals surface area contributed by atoms with Crippen LogP contribution in [0.15, 0.2) is 36.4 Å². The molecule has 2 aromatic rings. The first-order valence-electron chi connectivity index (χ1n) is 8.84. The Morgan fingerprint density at radius 3 is 2.67 bits per heavy atom. The molecule has 24 heavy (non-hydrogen) atoms. The summed E-state index contributed by atoms with van der Waals surface area (Å²) in [4.78, 5) is 15.0. The molecule has 0 aliphatic carbocycles. The number of rotatable bonds is 3. The molecule has 1 atom stereocenters. The molecule has 1 aliphatic heterocycles. The van der Waals surface area contributed by atoms with Crippen molar-refractivity contribution < 1.29 is 4.79 Å². The first-order valence-corrected chi connectivity index (χ1v) is 8.84. The Morgan fingerprint density at radius 2 is 1.96 bits per heavy atom. The Kier molecular flexibility index (Phi) is 4.65. The zero-order valence-electron chi connectivity index (χ0n) is 15.0. The van der Waals surface area contributed by atoms with E-state index in [9.17, 15) is 4.79 Å². The van der Waals surface area contributed by atoms with Gasteiger partial charge in [-0.25, -0.2) is 4.79 Å². The molecule has 0 bridgehead atoms. The third-order valence-electron chi connectivity index (χ3n) is 4.97. The second-order valence-electron chi connectivity index (χ2n) is 6.87. The third-order valence-corrected chi connectivity index (χ3v) is 4.97. The van der Waals surface area contributed by atoms with Crippen molar-refractivity contribution in [3.8, 4) is 0 Å². The lowest BCUT2D eigenvalue weighted by atomic mass is 9.97. The Morgan fingerprint density at radius 1 is 1.21 bits per heavy atom. The summed E-state index contributed by atoms with van der Waals surface area (Å²) >= 11 is 0. The van der Waals surface area contributed by atoms with Gasteiger partial charge in [0.25, 0.3) is 0 Å². The Hall–Kier alpha value is -2.23. The van der Waals surface area contributed by atoms with Crippen LogP contribution in [0.4, 0.5) is 10.5 Å². The lowest BCUT2D eigenvalue weighted by Crippen LogP contribution is -2.46. The van der Waals surface area contributed by atoms with Crippen LogP contribution in [0.2, 0.25) is 0 Å². The van der Waals surface area contributed by atoms with E-state index in [1.807, 2.05) is 23.1 Å². The van der Waals surface area contributed by atoms with Gasteiger partial charge in [-0.15, -0.1) is 0 Å². The van der Waals surface area contributed by atoms with Crippen molar-refractivity contribution in [3.05, 3.63) is 53.3 Å². The zero-order chi connectivity index (χ0) is 17.3. The molecule has 0 spiro atoms. The van der Waals surface area contributed by atoms with Crippen LogP contribution >= 0.6 is 0 Å². The van der Waals surface area contributed by atoms with Gasteiger partial charge < -0.3 is 14.8 Å². The summed E-state index contributed by atoms with van der Waals surface area (Å²) in [5.74, 6) is 0.366. The van der Waals surface area contributed by atoms with Gasteiger partial charge >= 0.3 is 6.03 Å². The minimum absolute atomic E-state index is 0.000275. The Balaban J connectivity index is 1.86. The molecule has 1 aliphatic rings. The van der Waals surface area contributed by atoms with Gasteiger partial charge in [0.1, 0.15) is 0 Å². The third kappa shape index (κ3) is 2.93. The Labute approximate surface area is 144 Å². The first kappa shape index (κ1) is 16.6. The molecule has 128 valence electrons. The average Bonchev–Trinajstić information content (AvgIpc) is 2.95. The maximum Gasteiger partial charge on any atom is 0.322 e. The summed E-state index contributed by atoms with van der Waals surface area (Å²) in [7, 11) is 0. The van der Waals surface area contributed by atoms with E-state index in [-0.39, 0.29) is 12.1 Å². The molecule has 1 aromatic heterocycles. The fraction of sp³-hybridized carbons (Fsp3) is 0.450. The van der Waals surface area contributed by atoms with E-state index in [1.165, 1.54) is 17.0 Å². The van der Waals surface area contributed by atoms with Gasteiger partial charge in [0, 0.05) is 30.2 Å². The highest BCUT2D eigenvalue weighted by atomic mass is 16.2. The molecule has 0 saturated carbocycles. The van der Waals surface area contributed by atoms with Crippen LogP contribution in [-0.2, 0) is 13.0 Å². The van der Waals surface area contributed by atoms with Crippen LogP contribution < -0.4 is 5.32 Å². The lowest BCUT2D eigenvalue weighted by molar-refractivity contribution is 0.143. The van der Waals surface area contributed by atoms with E-state index in [0.717, 1.165) is 25.2 Å². The number of nitrogens with zero attached hydrogens (tertiary/aromatic N) is 2. The Bertz CT molecular complexity index is 732. The molecule has 1 aromatic carbocycles. The van der Waals surface area contributed by atoms with Crippen molar-refractivity contribution in [2.24, 2.45) is 5.92 Å². The largest absolute Gasteiger partial charge is 0.345 e. The normalized spacial score (nSPS) is 17.0. The summed E-state index contributed by atoms with van der Waals surface area (Å²) in [5.41, 5.74) is 4.60. The predicted octanol–water partition coefficient (Wildman–Crippen LogP) is 4.60. The predicted molar refractivity (Wildman–Crippen MR) is 98.3 cm³/mol. The minimum atomic E-state index is -0.000275. The SMILES string of the molecule is CCc1ccccc1NC(=O)N1CCn2c(C)ccc2[C@@H]1C(C)C. The number of carbonyl (C=O) groups is 1. The number of aromatic nitrogens is 1. The summed E-state index contributed by atoms with van der Waals surface area (Å²) < 4.78 is 2.34. The first-order chi connectivity index (χ1) is 11.5. The molecule has 0 radical (unpaired) electrons. The number of hydrogen-bond acceptors (Lipinski definition) is 1. The van der Waals surface area contributed by atoms with Crippen molar-refractivity contribution in [2.45, 2.75) is 46.7 Å². The van der Waals surface area contributed by atoms with Gasteiger partial charge in [-0.3, -0.25) is 0 Å². The van der Waals surface area contributed by atoms with Crippen molar-refractivity contribution in [3.63, 3.8) is 0 Å². The molecule has 2 amide bonds. The van der Waals surface area contributed by atoms with Gasteiger partial charge in [0.2, 0.25) is 0 Å². The van der Waals surface area contributed by atoms with Gasteiger partial charge in [0.15, 0.2) is 0 Å². The van der Waals surface area contributed by atoms with Crippen LogP contribution in [0.3, 0.4) is 0 Å². The molecule has 4 heteroatoms. The molecule has 4 nitrogen and oxygen atoms in total. The summed E-state index contributed by atoms with van der Waals surface area (Å²) in [6, 6.07) is 12.5. The maximum atomic E-state index is 13.0. The maximum absolute atomic E-state index is 13.0. The van der Waals surface area contributed by atoms with Crippen LogP contribution in [0.5, 0.6) is 0 Å². The number of anilines is 1. The number of para-hydroxylation sites is 1. The number of urea groups is 1. The molecular weight excluding hydrogens is 298 g/mol. The molecule has 0 unspecified atom stereocenters. The van der Waals surface area contributed by atoms with Crippen molar-refractivity contribution in [1.29, 1.82) is 0 Å². The number of nitrogens with one attached hydrogen (secondary N) is 1. The summed E-state index contributed by atoms with van der Waals surface area (Å²) in [6.45, 7) is 10.2. The van der Waals surface area contributed by atoms with E-state index < -0.39 is 0 Å². The summed E-state index contributed by atoms with van der Waals surface area (Å²) in [6.07, 6.45) is 0.909. The fourth-order valence-corrected chi connectivity index (χ4v) is 3.73. The van der Waals surface area contributed by atoms with Crippen molar-refractivity contribution in [2.75, 3.05) is 11.9 Å². The second kappa shape index (κ2) is 6.71. The highest BCUT2D eigenvalue weighted by Gasteiger charge is 2.33. The number of hydrogen-bond donors (Lipinski definition) is 1. The van der Waals surface area contributed by atoms with E-state index in [4.69, 9.17) is 0 Å². The van der Waals surface area contributed by atoms with E-state index >= 15 is 0 Å². The highest BCUT2D eigenvalue weighted by Crippen LogP contribution is 2.34. The number of benzene rings is 1. The van der Waals surface area contributed by atoms with E-state index in [1.54, 1.807) is 0 Å². The number of carbonyl (C=O) groups excluding carboxylic acids is 1. The highest BCUT2D eigenvalue weighted by molar-refractivity contribution is 5.90. The average molecular weight is 325 g/mol. The standard InChI is InChI=1S/C20H27N3O/c1-5-16-8-6-7-9-17(16)21-20(24)23-13-12-22-15(4)10-11-18(22)19(23)14(2)3/h6-11,14,19H,5,12-13H2,1-4H3,(H,21,24)/t19-/m0/s1. The topological polar surface area (TPSA) is 37.3 Å². The number of fused-ring (bicyclic) bond motifs is 1. The van der Waals surface area contributed by atoms with Gasteiger partial charge in [-0.05, 0) is 43.0 Å². The molecular formula is C20H27N3O. The van der Waals surface area contributed by atoms with Crippen molar-refractivity contribution >= 4 is 11.7 Å². The molecule has 1 N–H and O–H groups in total. The van der Waals surface area contributed by atoms with Gasteiger partial charge in [-0.1, -0.05) is 39.0 Å². The van der Waals surface area contributed by atoms with Crippen molar-refractivity contribution in [1.82, 2.24) is 9.47 Å². The minimum Gasteiger partial charge on any atom is -0.345 e. The van der Waals surface area contributed by atoms with Crippen LogP contribution in [0.25, 0.3) is 0 Å². The smallest absolute Gasteiger partial charge is 0.322 e. The molecule has 0 saturated heterocycles. The van der Waals surface area contributed by atoms with Gasteiger partial charge in [0.05, 0.1) is 6.04 Å². The van der Waals surface area contributed by atoms with E-state index in [2.05, 4.69) is 55.8 Å². The molecule has 2 heterocycles. The molecule has 0 fully saturated rings. The second-order valence-corrected chi connectivity index (χ2v) is 6.87. The van der Waals surface area contributed by atoms with Gasteiger partial charge in [-0.2, -0.15) is 0 Å². The zero-order valence-corrected chi connectivity index (χ0v) is 15.0. The van der Waals surface area contributed by atoms with E-state index in [0.29, 0.717) is 5.92 Å². The quantitative estimate of drug-likeness (QED) is 0.879. The summed E-state index contributed by atoms with van der Waals surface area (Å²) in [5, 5.41) is 3.13. The van der Waals surface area contributed by atoms with Crippen LogP contribution in [0.1, 0.15) is 43.8 Å². The monoisotopic (exact) mass is 325 g/mol. The van der Waals surface area contributed by atoms with Crippen LogP contribution in [-0.4, -0.2) is 22.0 Å². The lowest BCUT2D eigenvalue weighted by Gasteiger charge is -2.39. The van der Waals surface area contributed by atoms with Crippen LogP contribution in [0, 0.1) is 12.8 Å².